The van der Waals surface area contributed by atoms with Crippen molar-refractivity contribution in [3.63, 3.8) is 0 Å². The van der Waals surface area contributed by atoms with Crippen LogP contribution in [0.4, 0.5) is 5.69 Å². The number of hydrogen-bond acceptors (Lipinski definition) is 3. The zero-order valence-electron chi connectivity index (χ0n) is 14.5. The average Bonchev–Trinajstić information content (AvgIpc) is 2.76. The first-order chi connectivity index (χ1) is 11.5. The summed E-state index contributed by atoms with van der Waals surface area (Å²) >= 11 is 0. The van der Waals surface area contributed by atoms with E-state index in [4.69, 9.17) is 9.84 Å². The zero-order valence-corrected chi connectivity index (χ0v) is 14.5. The standard InChI is InChI=1S/C20H25NO3/c1-4-24-15-9-5-6-12-18-20(2,3)16-10-7-8-11-17(16)21(18)14-13-19(22)23/h5-12,15H,4,13-14H2,1-3H3,(H,22,23)/b6-5-,15-9-,18-12+. The molecule has 0 aliphatic carbocycles. The molecule has 1 aromatic rings. The predicted octanol–water partition coefficient (Wildman–Crippen LogP) is 4.25. The Morgan fingerprint density at radius 3 is 2.71 bits per heavy atom. The normalized spacial score (nSPS) is 17.8. The average molecular weight is 327 g/mol. The fourth-order valence-corrected chi connectivity index (χ4v) is 3.00. The third kappa shape index (κ3) is 3.88. The first-order valence-electron chi connectivity index (χ1n) is 8.23. The SMILES string of the molecule is CCO\C=C/C=C\C=C1\N(CCC(=O)O)c2ccccc2C1(C)C. The van der Waals surface area contributed by atoms with Gasteiger partial charge in [-0.3, -0.25) is 4.79 Å². The fraction of sp³-hybridized carbons (Fsp3) is 0.350. The Bertz CT molecular complexity index is 671. The Morgan fingerprint density at radius 1 is 1.25 bits per heavy atom. The molecule has 0 unspecified atom stereocenters. The molecule has 1 aliphatic rings. The highest BCUT2D eigenvalue weighted by atomic mass is 16.5. The maximum absolute atomic E-state index is 11.0. The molecule has 0 radical (unpaired) electrons. The number of benzene rings is 1. The number of rotatable bonds is 7. The van der Waals surface area contributed by atoms with E-state index in [-0.39, 0.29) is 11.8 Å². The summed E-state index contributed by atoms with van der Waals surface area (Å²) in [6.45, 7) is 7.39. The molecule has 0 amide bonds. The summed E-state index contributed by atoms with van der Waals surface area (Å²) in [5, 5.41) is 9.05. The second-order valence-electron chi connectivity index (χ2n) is 6.16. The molecule has 24 heavy (non-hydrogen) atoms. The van der Waals surface area contributed by atoms with Gasteiger partial charge in [-0.2, -0.15) is 0 Å². The van der Waals surface area contributed by atoms with E-state index in [2.05, 4.69) is 37.0 Å². The van der Waals surface area contributed by atoms with Gasteiger partial charge in [0.05, 0.1) is 19.3 Å². The highest BCUT2D eigenvalue weighted by Gasteiger charge is 2.39. The number of ether oxygens (including phenoxy) is 1. The fourth-order valence-electron chi connectivity index (χ4n) is 3.00. The number of carboxylic acids is 1. The molecule has 2 rings (SSSR count). The Kier molecular flexibility index (Phi) is 5.85. The lowest BCUT2D eigenvalue weighted by Gasteiger charge is -2.26. The van der Waals surface area contributed by atoms with Crippen molar-refractivity contribution in [1.82, 2.24) is 0 Å². The van der Waals surface area contributed by atoms with Crippen LogP contribution in [0, 0.1) is 0 Å². The van der Waals surface area contributed by atoms with E-state index in [1.807, 2.05) is 37.3 Å². The highest BCUT2D eigenvalue weighted by molar-refractivity contribution is 5.73. The lowest BCUT2D eigenvalue weighted by atomic mass is 9.84. The molecule has 0 saturated heterocycles. The Hall–Kier alpha value is -2.49. The van der Waals surface area contributed by atoms with Crippen LogP contribution in [0.2, 0.25) is 0 Å². The van der Waals surface area contributed by atoms with Crippen molar-refractivity contribution in [1.29, 1.82) is 0 Å². The molecule has 1 heterocycles. The summed E-state index contributed by atoms with van der Waals surface area (Å²) in [4.78, 5) is 13.1. The monoisotopic (exact) mass is 327 g/mol. The molecular weight excluding hydrogens is 302 g/mol. The highest BCUT2D eigenvalue weighted by Crippen LogP contribution is 2.47. The van der Waals surface area contributed by atoms with Gasteiger partial charge in [-0.15, -0.1) is 0 Å². The lowest BCUT2D eigenvalue weighted by Crippen LogP contribution is -2.28. The molecule has 1 N–H and O–H groups in total. The number of allylic oxidation sites excluding steroid dienone is 5. The quantitative estimate of drug-likeness (QED) is 0.601. The smallest absolute Gasteiger partial charge is 0.305 e. The summed E-state index contributed by atoms with van der Waals surface area (Å²) in [7, 11) is 0. The molecule has 0 atom stereocenters. The van der Waals surface area contributed by atoms with E-state index in [9.17, 15) is 4.79 Å². The van der Waals surface area contributed by atoms with E-state index in [1.165, 1.54) is 5.56 Å². The molecular formula is C20H25NO3. The minimum absolute atomic E-state index is 0.107. The van der Waals surface area contributed by atoms with Gasteiger partial charge in [0.15, 0.2) is 0 Å². The lowest BCUT2D eigenvalue weighted by molar-refractivity contribution is -0.136. The van der Waals surface area contributed by atoms with Crippen LogP contribution < -0.4 is 4.90 Å². The van der Waals surface area contributed by atoms with E-state index in [0.29, 0.717) is 13.2 Å². The molecule has 0 spiro atoms. The van der Waals surface area contributed by atoms with Crippen LogP contribution >= 0.6 is 0 Å². The van der Waals surface area contributed by atoms with E-state index in [1.54, 1.807) is 6.26 Å². The molecule has 0 fully saturated rings. The second kappa shape index (κ2) is 7.86. The number of hydrogen-bond donors (Lipinski definition) is 1. The number of anilines is 1. The number of fused-ring (bicyclic) bond motifs is 1. The van der Waals surface area contributed by atoms with Crippen LogP contribution in [0.25, 0.3) is 0 Å². The molecule has 4 nitrogen and oxygen atoms in total. The van der Waals surface area contributed by atoms with Gasteiger partial charge in [-0.05, 0) is 30.7 Å². The maximum atomic E-state index is 11.0. The van der Waals surface area contributed by atoms with Crippen LogP contribution in [0.3, 0.4) is 0 Å². The van der Waals surface area contributed by atoms with Crippen LogP contribution in [-0.2, 0) is 14.9 Å². The molecule has 4 heteroatoms. The molecule has 0 aromatic heterocycles. The van der Waals surface area contributed by atoms with Crippen LogP contribution in [0.15, 0.2) is 60.5 Å². The number of carboxylic acid groups (broad SMARTS) is 1. The Morgan fingerprint density at radius 2 is 2.00 bits per heavy atom. The van der Waals surface area contributed by atoms with E-state index >= 15 is 0 Å². The van der Waals surface area contributed by atoms with Gasteiger partial charge in [-0.1, -0.05) is 44.2 Å². The van der Waals surface area contributed by atoms with Gasteiger partial charge in [0.2, 0.25) is 0 Å². The van der Waals surface area contributed by atoms with E-state index < -0.39 is 5.97 Å². The number of nitrogens with zero attached hydrogens (tertiary/aromatic N) is 1. The van der Waals surface area contributed by atoms with Crippen LogP contribution in [0.5, 0.6) is 0 Å². The topological polar surface area (TPSA) is 49.8 Å². The van der Waals surface area contributed by atoms with Gasteiger partial charge in [-0.25, -0.2) is 0 Å². The molecule has 0 saturated carbocycles. The van der Waals surface area contributed by atoms with E-state index in [0.717, 1.165) is 11.4 Å². The molecule has 128 valence electrons. The van der Waals surface area contributed by atoms with Gasteiger partial charge in [0, 0.05) is 23.3 Å². The largest absolute Gasteiger partial charge is 0.501 e. The van der Waals surface area contributed by atoms with Crippen molar-refractivity contribution >= 4 is 11.7 Å². The van der Waals surface area contributed by atoms with Gasteiger partial charge >= 0.3 is 5.97 Å². The van der Waals surface area contributed by atoms with Crippen molar-refractivity contribution in [3.05, 3.63) is 66.1 Å². The first kappa shape index (κ1) is 17.9. The van der Waals surface area contributed by atoms with Crippen molar-refractivity contribution in [2.45, 2.75) is 32.6 Å². The van der Waals surface area contributed by atoms with Crippen molar-refractivity contribution in [2.24, 2.45) is 0 Å². The summed E-state index contributed by atoms with van der Waals surface area (Å²) in [6.07, 6.45) is 9.54. The van der Waals surface area contributed by atoms with Crippen LogP contribution in [0.1, 0.15) is 32.8 Å². The summed E-state index contributed by atoms with van der Waals surface area (Å²) in [5.74, 6) is -0.785. The van der Waals surface area contributed by atoms with Crippen molar-refractivity contribution in [2.75, 3.05) is 18.1 Å². The summed E-state index contributed by atoms with van der Waals surface area (Å²) in [5.41, 5.74) is 3.25. The summed E-state index contributed by atoms with van der Waals surface area (Å²) < 4.78 is 5.16. The molecule has 0 bridgehead atoms. The van der Waals surface area contributed by atoms with Gasteiger partial charge in [0.1, 0.15) is 0 Å². The zero-order chi connectivity index (χ0) is 17.6. The minimum atomic E-state index is -0.785. The van der Waals surface area contributed by atoms with Crippen molar-refractivity contribution in [3.8, 4) is 0 Å². The Labute approximate surface area is 143 Å². The van der Waals surface area contributed by atoms with Gasteiger partial charge < -0.3 is 14.7 Å². The molecule has 1 aromatic carbocycles. The first-order valence-corrected chi connectivity index (χ1v) is 8.23. The number of aliphatic carboxylic acids is 1. The third-order valence-electron chi connectivity index (χ3n) is 4.17. The predicted molar refractivity (Wildman–Crippen MR) is 97.1 cm³/mol. The van der Waals surface area contributed by atoms with Crippen molar-refractivity contribution < 1.29 is 14.6 Å². The maximum Gasteiger partial charge on any atom is 0.305 e. The molecule has 1 aliphatic heterocycles. The second-order valence-corrected chi connectivity index (χ2v) is 6.16. The Balaban J connectivity index is 2.30. The minimum Gasteiger partial charge on any atom is -0.501 e. The van der Waals surface area contributed by atoms with Crippen LogP contribution in [-0.4, -0.2) is 24.2 Å². The third-order valence-corrected chi connectivity index (χ3v) is 4.17. The number of carbonyl (C=O) groups is 1. The van der Waals surface area contributed by atoms with Gasteiger partial charge in [0.25, 0.3) is 0 Å². The number of para-hydroxylation sites is 1. The summed E-state index contributed by atoms with van der Waals surface area (Å²) in [6, 6.07) is 8.19.